The first-order valence-electron chi connectivity index (χ1n) is 7.68. The number of amides is 3. The summed E-state index contributed by atoms with van der Waals surface area (Å²) in [5, 5.41) is 2.74. The minimum atomic E-state index is -0.569. The summed E-state index contributed by atoms with van der Waals surface area (Å²) >= 11 is 0. The molecule has 22 heavy (non-hydrogen) atoms. The first-order chi connectivity index (χ1) is 10.2. The van der Waals surface area contributed by atoms with Crippen molar-refractivity contribution in [2.75, 3.05) is 32.8 Å². The highest BCUT2D eigenvalue weighted by Gasteiger charge is 2.30. The Morgan fingerprint density at radius 1 is 1.09 bits per heavy atom. The summed E-state index contributed by atoms with van der Waals surface area (Å²) < 4.78 is 4.94. The summed E-state index contributed by atoms with van der Waals surface area (Å²) in [6.45, 7) is 11.0. The smallest absolute Gasteiger partial charge is 0.409 e. The van der Waals surface area contributed by atoms with Gasteiger partial charge in [-0.05, 0) is 13.8 Å². The van der Waals surface area contributed by atoms with Gasteiger partial charge in [-0.1, -0.05) is 20.8 Å². The van der Waals surface area contributed by atoms with Crippen LogP contribution in [0.5, 0.6) is 0 Å². The normalized spacial score (nSPS) is 17.0. The van der Waals surface area contributed by atoms with E-state index in [9.17, 15) is 14.4 Å². The molecule has 1 rings (SSSR count). The first kappa shape index (κ1) is 18.3. The van der Waals surface area contributed by atoms with Crippen LogP contribution in [-0.4, -0.2) is 66.5 Å². The van der Waals surface area contributed by atoms with Gasteiger partial charge in [0.2, 0.25) is 11.8 Å². The molecule has 0 radical (unpaired) electrons. The van der Waals surface area contributed by atoms with Crippen LogP contribution in [0.15, 0.2) is 0 Å². The van der Waals surface area contributed by atoms with Crippen molar-refractivity contribution in [2.24, 2.45) is 5.41 Å². The summed E-state index contributed by atoms with van der Waals surface area (Å²) in [6.07, 6.45) is -0.344. The molecule has 0 bridgehead atoms. The molecule has 1 N–H and O–H groups in total. The molecule has 1 aliphatic heterocycles. The molecule has 3 amide bonds. The van der Waals surface area contributed by atoms with E-state index in [2.05, 4.69) is 5.32 Å². The molecule has 1 aliphatic rings. The van der Waals surface area contributed by atoms with Gasteiger partial charge in [0.25, 0.3) is 0 Å². The Bertz CT molecular complexity index is 423. The molecule has 1 saturated heterocycles. The van der Waals surface area contributed by atoms with Crippen molar-refractivity contribution in [1.29, 1.82) is 0 Å². The Morgan fingerprint density at radius 3 is 2.05 bits per heavy atom. The molecule has 0 unspecified atom stereocenters. The number of piperazine rings is 1. The van der Waals surface area contributed by atoms with Crippen molar-refractivity contribution in [3.05, 3.63) is 0 Å². The molecule has 1 fully saturated rings. The molecule has 1 heterocycles. The first-order valence-corrected chi connectivity index (χ1v) is 7.68. The molecular formula is C15H27N3O4. The van der Waals surface area contributed by atoms with Crippen molar-refractivity contribution in [3.63, 3.8) is 0 Å². The summed E-state index contributed by atoms with van der Waals surface area (Å²) in [4.78, 5) is 39.1. The van der Waals surface area contributed by atoms with Gasteiger partial charge in [0.05, 0.1) is 6.61 Å². The molecular weight excluding hydrogens is 286 g/mol. The lowest BCUT2D eigenvalue weighted by molar-refractivity contribution is -0.139. The zero-order valence-electron chi connectivity index (χ0n) is 14.1. The summed E-state index contributed by atoms with van der Waals surface area (Å²) in [5.41, 5.74) is -0.531. The van der Waals surface area contributed by atoms with Crippen molar-refractivity contribution >= 4 is 17.9 Å². The fourth-order valence-electron chi connectivity index (χ4n) is 2.07. The molecule has 0 aliphatic carbocycles. The van der Waals surface area contributed by atoms with Gasteiger partial charge in [-0.3, -0.25) is 9.59 Å². The van der Waals surface area contributed by atoms with Gasteiger partial charge < -0.3 is 19.9 Å². The number of rotatable bonds is 3. The molecule has 0 saturated carbocycles. The Labute approximate surface area is 132 Å². The van der Waals surface area contributed by atoms with Crippen LogP contribution in [0, 0.1) is 5.41 Å². The van der Waals surface area contributed by atoms with Gasteiger partial charge in [0.15, 0.2) is 0 Å². The highest BCUT2D eigenvalue weighted by molar-refractivity contribution is 5.89. The van der Waals surface area contributed by atoms with Crippen LogP contribution < -0.4 is 5.32 Å². The lowest BCUT2D eigenvalue weighted by Gasteiger charge is -2.35. The second-order valence-electron chi connectivity index (χ2n) is 6.46. The number of carbonyl (C=O) groups excluding carboxylic acids is 3. The molecule has 7 nitrogen and oxygen atoms in total. The minimum absolute atomic E-state index is 0.124. The van der Waals surface area contributed by atoms with Crippen LogP contribution >= 0.6 is 0 Å². The predicted molar refractivity (Wildman–Crippen MR) is 82.2 cm³/mol. The summed E-state index contributed by atoms with van der Waals surface area (Å²) in [7, 11) is 0. The van der Waals surface area contributed by atoms with E-state index in [1.54, 1.807) is 44.4 Å². The van der Waals surface area contributed by atoms with E-state index < -0.39 is 11.5 Å². The zero-order chi connectivity index (χ0) is 16.9. The molecule has 0 aromatic rings. The van der Waals surface area contributed by atoms with Gasteiger partial charge in [-0.15, -0.1) is 0 Å². The zero-order valence-corrected chi connectivity index (χ0v) is 14.1. The van der Waals surface area contributed by atoms with E-state index in [1.807, 2.05) is 0 Å². The minimum Gasteiger partial charge on any atom is -0.450 e. The Hall–Kier alpha value is -1.79. The average molecular weight is 313 g/mol. The second-order valence-corrected chi connectivity index (χ2v) is 6.46. The number of nitrogens with zero attached hydrogens (tertiary/aromatic N) is 2. The highest BCUT2D eigenvalue weighted by Crippen LogP contribution is 2.13. The summed E-state index contributed by atoms with van der Waals surface area (Å²) in [6, 6.07) is -0.569. The van der Waals surface area contributed by atoms with Crippen LogP contribution in [0.3, 0.4) is 0 Å². The van der Waals surface area contributed by atoms with E-state index in [0.717, 1.165) is 0 Å². The largest absolute Gasteiger partial charge is 0.450 e. The van der Waals surface area contributed by atoms with E-state index in [4.69, 9.17) is 4.74 Å². The fourth-order valence-corrected chi connectivity index (χ4v) is 2.07. The third kappa shape index (κ3) is 4.89. The molecule has 0 aromatic heterocycles. The monoisotopic (exact) mass is 313 g/mol. The van der Waals surface area contributed by atoms with E-state index >= 15 is 0 Å². The highest BCUT2D eigenvalue weighted by atomic mass is 16.6. The van der Waals surface area contributed by atoms with Gasteiger partial charge in [0, 0.05) is 31.6 Å². The topological polar surface area (TPSA) is 79.0 Å². The van der Waals surface area contributed by atoms with Crippen LogP contribution in [-0.2, 0) is 14.3 Å². The molecule has 1 atom stereocenters. The number of hydrogen-bond acceptors (Lipinski definition) is 4. The summed E-state index contributed by atoms with van der Waals surface area (Å²) in [5.74, 6) is -0.278. The van der Waals surface area contributed by atoms with Crippen LogP contribution in [0.2, 0.25) is 0 Å². The van der Waals surface area contributed by atoms with Gasteiger partial charge in [0.1, 0.15) is 6.04 Å². The number of ether oxygens (including phenoxy) is 1. The molecule has 126 valence electrons. The van der Waals surface area contributed by atoms with Crippen molar-refractivity contribution in [1.82, 2.24) is 15.1 Å². The van der Waals surface area contributed by atoms with E-state index in [1.165, 1.54) is 0 Å². The van der Waals surface area contributed by atoms with Gasteiger partial charge >= 0.3 is 6.09 Å². The van der Waals surface area contributed by atoms with Crippen LogP contribution in [0.25, 0.3) is 0 Å². The Kier molecular flexibility index (Phi) is 6.20. The van der Waals surface area contributed by atoms with Crippen molar-refractivity contribution < 1.29 is 19.1 Å². The maximum Gasteiger partial charge on any atom is 0.409 e. The van der Waals surface area contributed by atoms with Crippen molar-refractivity contribution in [2.45, 2.75) is 40.7 Å². The maximum atomic E-state index is 12.3. The third-order valence-electron chi connectivity index (χ3n) is 3.52. The SMILES string of the molecule is CCOC(=O)N1CCN(C(=O)[C@H](C)NC(=O)C(C)(C)C)CC1. The van der Waals surface area contributed by atoms with Gasteiger partial charge in [-0.2, -0.15) is 0 Å². The van der Waals surface area contributed by atoms with Crippen molar-refractivity contribution in [3.8, 4) is 0 Å². The number of hydrogen-bond donors (Lipinski definition) is 1. The van der Waals surface area contributed by atoms with Crippen LogP contribution in [0.4, 0.5) is 4.79 Å². The molecule has 7 heteroatoms. The lowest BCUT2D eigenvalue weighted by Crippen LogP contribution is -2.56. The Morgan fingerprint density at radius 2 is 1.59 bits per heavy atom. The number of carbonyl (C=O) groups is 3. The average Bonchev–Trinajstić information content (AvgIpc) is 2.45. The van der Waals surface area contributed by atoms with Gasteiger partial charge in [-0.25, -0.2) is 4.79 Å². The standard InChI is InChI=1S/C15H27N3O4/c1-6-22-14(21)18-9-7-17(8-10-18)12(19)11(2)16-13(20)15(3,4)5/h11H,6-10H2,1-5H3,(H,16,20)/t11-/m0/s1. The molecule has 0 aromatic carbocycles. The number of nitrogens with one attached hydrogen (secondary N) is 1. The lowest BCUT2D eigenvalue weighted by atomic mass is 9.95. The Balaban J connectivity index is 2.48. The van der Waals surface area contributed by atoms with Crippen LogP contribution in [0.1, 0.15) is 34.6 Å². The van der Waals surface area contributed by atoms with E-state index in [0.29, 0.717) is 32.8 Å². The maximum absolute atomic E-state index is 12.3. The van der Waals surface area contributed by atoms with E-state index in [-0.39, 0.29) is 17.9 Å². The third-order valence-corrected chi connectivity index (χ3v) is 3.52. The molecule has 0 spiro atoms. The predicted octanol–water partition coefficient (Wildman–Crippen LogP) is 0.838. The quantitative estimate of drug-likeness (QED) is 0.837. The fraction of sp³-hybridized carbons (Fsp3) is 0.800. The second kappa shape index (κ2) is 7.47.